The fourth-order valence-corrected chi connectivity index (χ4v) is 1.20. The Hall–Kier alpha value is -1.08. The molecule has 0 aliphatic rings. The lowest BCUT2D eigenvalue weighted by Crippen LogP contribution is -2.34. The van der Waals surface area contributed by atoms with Gasteiger partial charge in [-0.3, -0.25) is 0 Å². The molecule has 0 saturated carbocycles. The summed E-state index contributed by atoms with van der Waals surface area (Å²) in [4.78, 5) is 0. The van der Waals surface area contributed by atoms with Gasteiger partial charge in [0, 0.05) is 5.56 Å². The number of alkyl halides is 4. The first-order chi connectivity index (χ1) is 7.97. The first-order valence-electron chi connectivity index (χ1n) is 4.90. The van der Waals surface area contributed by atoms with E-state index in [1.165, 1.54) is 12.5 Å². The molecule has 0 saturated heterocycles. The van der Waals surface area contributed by atoms with Gasteiger partial charge in [0.2, 0.25) is 0 Å². The lowest BCUT2D eigenvalue weighted by molar-refractivity contribution is -0.167. The van der Waals surface area contributed by atoms with Crippen LogP contribution in [0.25, 0.3) is 0 Å². The van der Waals surface area contributed by atoms with Gasteiger partial charge < -0.3 is 14.5 Å². The smallest absolute Gasteiger partial charge is 0.330 e. The van der Waals surface area contributed by atoms with E-state index in [9.17, 15) is 17.6 Å². The maximum Gasteiger partial charge on any atom is 0.330 e. The second kappa shape index (κ2) is 6.02. The molecule has 1 aromatic heterocycles. The molecular weight excluding hydrogens is 242 g/mol. The fourth-order valence-electron chi connectivity index (χ4n) is 1.20. The molecule has 98 valence electrons. The minimum absolute atomic E-state index is 0.141. The van der Waals surface area contributed by atoms with E-state index in [1.54, 1.807) is 13.1 Å². The van der Waals surface area contributed by atoms with Gasteiger partial charge in [0.05, 0.1) is 25.2 Å². The number of likely N-dealkylation sites (N-methyl/N-ethyl adjacent to an activating group) is 1. The summed E-state index contributed by atoms with van der Waals surface area (Å²) in [7, 11) is 1.60. The normalized spacial score (nSPS) is 14.2. The minimum Gasteiger partial charge on any atom is -0.472 e. The number of hydrogen-bond donors (Lipinski definition) is 1. The standard InChI is InChI=1S/C10H13F4NO2/c1-15-8(7-2-3-16-4-7)5-17-6-10(13,14)9(11)12/h2-4,8-9,15H,5-6H2,1H3. The Labute approximate surface area is 95.7 Å². The van der Waals surface area contributed by atoms with Crippen molar-refractivity contribution in [3.05, 3.63) is 24.2 Å². The Morgan fingerprint density at radius 2 is 2.18 bits per heavy atom. The van der Waals surface area contributed by atoms with Gasteiger partial charge in [0.25, 0.3) is 0 Å². The molecule has 17 heavy (non-hydrogen) atoms. The van der Waals surface area contributed by atoms with Crippen molar-refractivity contribution >= 4 is 0 Å². The molecule has 0 fully saturated rings. The maximum atomic E-state index is 12.5. The van der Waals surface area contributed by atoms with Crippen LogP contribution in [0.3, 0.4) is 0 Å². The summed E-state index contributed by atoms with van der Waals surface area (Å²) in [5.41, 5.74) is 0.702. The van der Waals surface area contributed by atoms with Crippen LogP contribution in [-0.2, 0) is 4.74 Å². The fraction of sp³-hybridized carbons (Fsp3) is 0.600. The molecule has 1 atom stereocenters. The SMILES string of the molecule is CNC(COCC(F)(F)C(F)F)c1ccoc1. The van der Waals surface area contributed by atoms with Crippen LogP contribution in [0.4, 0.5) is 17.6 Å². The van der Waals surface area contributed by atoms with Gasteiger partial charge in [-0.05, 0) is 13.1 Å². The minimum atomic E-state index is -4.12. The second-order valence-corrected chi connectivity index (χ2v) is 3.47. The average Bonchev–Trinajstić information content (AvgIpc) is 2.77. The number of ether oxygens (including phenoxy) is 1. The van der Waals surface area contributed by atoms with Crippen molar-refractivity contribution in [3.8, 4) is 0 Å². The molecule has 7 heteroatoms. The average molecular weight is 255 g/mol. The largest absolute Gasteiger partial charge is 0.472 e. The second-order valence-electron chi connectivity index (χ2n) is 3.47. The molecular formula is C10H13F4NO2. The summed E-state index contributed by atoms with van der Waals surface area (Å²) in [5.74, 6) is -4.12. The lowest BCUT2D eigenvalue weighted by Gasteiger charge is -2.18. The van der Waals surface area contributed by atoms with E-state index in [0.717, 1.165) is 0 Å². The molecule has 0 radical (unpaired) electrons. The predicted octanol–water partition coefficient (Wildman–Crippen LogP) is 2.46. The highest BCUT2D eigenvalue weighted by atomic mass is 19.3. The summed E-state index contributed by atoms with van der Waals surface area (Å²) < 4.78 is 58.1. The third kappa shape index (κ3) is 4.01. The van der Waals surface area contributed by atoms with Crippen LogP contribution in [0.5, 0.6) is 0 Å². The monoisotopic (exact) mass is 255 g/mol. The van der Waals surface area contributed by atoms with E-state index in [-0.39, 0.29) is 12.6 Å². The first kappa shape index (κ1) is 14.0. The van der Waals surface area contributed by atoms with Crippen molar-refractivity contribution in [3.63, 3.8) is 0 Å². The van der Waals surface area contributed by atoms with Gasteiger partial charge in [-0.25, -0.2) is 8.78 Å². The van der Waals surface area contributed by atoms with E-state index in [1.807, 2.05) is 0 Å². The third-order valence-electron chi connectivity index (χ3n) is 2.19. The number of nitrogens with one attached hydrogen (secondary N) is 1. The van der Waals surface area contributed by atoms with Crippen molar-refractivity contribution in [2.24, 2.45) is 0 Å². The molecule has 0 aliphatic carbocycles. The van der Waals surface area contributed by atoms with Gasteiger partial charge in [0.15, 0.2) is 0 Å². The predicted molar refractivity (Wildman–Crippen MR) is 52.3 cm³/mol. The van der Waals surface area contributed by atoms with Gasteiger partial charge in [-0.1, -0.05) is 0 Å². The van der Waals surface area contributed by atoms with Crippen molar-refractivity contribution in [1.82, 2.24) is 5.32 Å². The molecule has 0 amide bonds. The Bertz CT molecular complexity index is 316. The van der Waals surface area contributed by atoms with Crippen LogP contribution in [-0.4, -0.2) is 32.6 Å². The summed E-state index contributed by atoms with van der Waals surface area (Å²) in [6.45, 7) is -1.45. The molecule has 0 spiro atoms. The van der Waals surface area contributed by atoms with Crippen LogP contribution in [0.15, 0.2) is 23.0 Å². The Morgan fingerprint density at radius 3 is 2.65 bits per heavy atom. The number of halogens is 4. The summed E-state index contributed by atoms with van der Waals surface area (Å²) in [6.07, 6.45) is -0.868. The zero-order valence-corrected chi connectivity index (χ0v) is 9.13. The van der Waals surface area contributed by atoms with Crippen LogP contribution < -0.4 is 5.32 Å². The first-order valence-corrected chi connectivity index (χ1v) is 4.90. The number of rotatable bonds is 7. The van der Waals surface area contributed by atoms with Crippen molar-refractivity contribution < 1.29 is 26.7 Å². The molecule has 0 bridgehead atoms. The van der Waals surface area contributed by atoms with Crippen LogP contribution in [0.2, 0.25) is 0 Å². The quantitative estimate of drug-likeness (QED) is 0.760. The Kier molecular flexibility index (Phi) is 4.95. The van der Waals surface area contributed by atoms with E-state index in [0.29, 0.717) is 5.56 Å². The van der Waals surface area contributed by atoms with Crippen LogP contribution >= 0.6 is 0 Å². The third-order valence-corrected chi connectivity index (χ3v) is 2.19. The molecule has 1 heterocycles. The Balaban J connectivity index is 2.40. The highest BCUT2D eigenvalue weighted by molar-refractivity contribution is 5.11. The summed E-state index contributed by atoms with van der Waals surface area (Å²) >= 11 is 0. The van der Waals surface area contributed by atoms with Gasteiger partial charge >= 0.3 is 12.3 Å². The van der Waals surface area contributed by atoms with E-state index in [2.05, 4.69) is 10.1 Å². The molecule has 0 aliphatic heterocycles. The zero-order chi connectivity index (χ0) is 12.9. The van der Waals surface area contributed by atoms with Crippen LogP contribution in [0, 0.1) is 0 Å². The topological polar surface area (TPSA) is 34.4 Å². The molecule has 1 N–H and O–H groups in total. The molecule has 3 nitrogen and oxygen atoms in total. The lowest BCUT2D eigenvalue weighted by atomic mass is 10.2. The van der Waals surface area contributed by atoms with E-state index in [4.69, 9.17) is 4.42 Å². The van der Waals surface area contributed by atoms with Gasteiger partial charge in [-0.2, -0.15) is 8.78 Å². The molecule has 1 aromatic rings. The van der Waals surface area contributed by atoms with Crippen molar-refractivity contribution in [2.75, 3.05) is 20.3 Å². The Morgan fingerprint density at radius 1 is 1.47 bits per heavy atom. The van der Waals surface area contributed by atoms with Gasteiger partial charge in [-0.15, -0.1) is 0 Å². The highest BCUT2D eigenvalue weighted by Crippen LogP contribution is 2.23. The summed E-state index contributed by atoms with van der Waals surface area (Å²) in [6, 6.07) is 1.26. The number of furan rings is 1. The van der Waals surface area contributed by atoms with Crippen LogP contribution in [0.1, 0.15) is 11.6 Å². The summed E-state index contributed by atoms with van der Waals surface area (Å²) in [5, 5.41) is 2.80. The molecule has 1 unspecified atom stereocenters. The van der Waals surface area contributed by atoms with Crippen molar-refractivity contribution in [2.45, 2.75) is 18.4 Å². The highest BCUT2D eigenvalue weighted by Gasteiger charge is 2.41. The maximum absolute atomic E-state index is 12.5. The zero-order valence-electron chi connectivity index (χ0n) is 9.13. The van der Waals surface area contributed by atoms with E-state index >= 15 is 0 Å². The van der Waals surface area contributed by atoms with E-state index < -0.39 is 19.0 Å². The van der Waals surface area contributed by atoms with Crippen molar-refractivity contribution in [1.29, 1.82) is 0 Å². The molecule has 1 rings (SSSR count). The van der Waals surface area contributed by atoms with Gasteiger partial charge in [0.1, 0.15) is 6.61 Å². The number of hydrogen-bond acceptors (Lipinski definition) is 3. The molecule has 0 aromatic carbocycles.